The molecule has 0 radical (unpaired) electrons. The smallest absolute Gasteiger partial charge is 0.283 e. The SMILES string of the molecule is O=C1C(Sc2ccccc2)=C(N2CCN(Cc3ccccc3)CC2)C(=O)N1c1ccccc1F. The molecular formula is C27H24FN3O2S. The Hall–Kier alpha value is -3.42. The lowest BCUT2D eigenvalue weighted by molar-refractivity contribution is -0.121. The van der Waals surface area contributed by atoms with Crippen LogP contribution in [0.5, 0.6) is 0 Å². The molecule has 0 spiro atoms. The Balaban J connectivity index is 1.41. The van der Waals surface area contributed by atoms with Gasteiger partial charge in [-0.1, -0.05) is 72.4 Å². The van der Waals surface area contributed by atoms with Crippen LogP contribution >= 0.6 is 11.8 Å². The van der Waals surface area contributed by atoms with Gasteiger partial charge in [0, 0.05) is 37.6 Å². The number of rotatable bonds is 6. The number of nitrogens with zero attached hydrogens (tertiary/aromatic N) is 3. The van der Waals surface area contributed by atoms with Gasteiger partial charge in [0.15, 0.2) is 0 Å². The quantitative estimate of drug-likeness (QED) is 0.493. The van der Waals surface area contributed by atoms with Crippen molar-refractivity contribution in [2.45, 2.75) is 11.4 Å². The zero-order valence-electron chi connectivity index (χ0n) is 18.6. The predicted octanol–water partition coefficient (Wildman–Crippen LogP) is 4.52. The number of halogens is 1. The molecule has 1 fully saturated rings. The van der Waals surface area contributed by atoms with Gasteiger partial charge >= 0.3 is 0 Å². The summed E-state index contributed by atoms with van der Waals surface area (Å²) in [4.78, 5) is 33.5. The molecule has 2 aliphatic rings. The second-order valence-electron chi connectivity index (χ2n) is 8.24. The highest BCUT2D eigenvalue weighted by Gasteiger charge is 2.43. The highest BCUT2D eigenvalue weighted by Crippen LogP contribution is 2.39. The molecule has 2 amide bonds. The summed E-state index contributed by atoms with van der Waals surface area (Å²) in [6.07, 6.45) is 0. The van der Waals surface area contributed by atoms with Crippen molar-refractivity contribution in [2.24, 2.45) is 0 Å². The zero-order chi connectivity index (χ0) is 23.5. The first-order valence-corrected chi connectivity index (χ1v) is 12.0. The number of carbonyl (C=O) groups is 2. The van der Waals surface area contributed by atoms with Gasteiger partial charge in [0.05, 0.1) is 5.69 Å². The van der Waals surface area contributed by atoms with Crippen LogP contribution < -0.4 is 4.90 Å². The molecule has 34 heavy (non-hydrogen) atoms. The maximum Gasteiger partial charge on any atom is 0.283 e. The fraction of sp³-hybridized carbons (Fsp3) is 0.185. The molecular weight excluding hydrogens is 449 g/mol. The minimum Gasteiger partial charge on any atom is -0.363 e. The number of hydrogen-bond donors (Lipinski definition) is 0. The van der Waals surface area contributed by atoms with Crippen molar-refractivity contribution in [3.8, 4) is 0 Å². The summed E-state index contributed by atoms with van der Waals surface area (Å²) in [5, 5.41) is 0. The van der Waals surface area contributed by atoms with Crippen molar-refractivity contribution in [3.05, 3.63) is 107 Å². The lowest BCUT2D eigenvalue weighted by atomic mass is 10.2. The molecule has 1 saturated heterocycles. The first-order valence-electron chi connectivity index (χ1n) is 11.2. The molecule has 0 atom stereocenters. The van der Waals surface area contributed by atoms with Gasteiger partial charge in [-0.05, 0) is 29.8 Å². The minimum atomic E-state index is -0.595. The van der Waals surface area contributed by atoms with Crippen LogP contribution in [0.2, 0.25) is 0 Å². The van der Waals surface area contributed by atoms with Gasteiger partial charge in [-0.2, -0.15) is 0 Å². The third-order valence-electron chi connectivity index (χ3n) is 6.01. The molecule has 7 heteroatoms. The van der Waals surface area contributed by atoms with Gasteiger partial charge in [0.2, 0.25) is 0 Å². The second-order valence-corrected chi connectivity index (χ2v) is 9.32. The van der Waals surface area contributed by atoms with Crippen LogP contribution in [-0.2, 0) is 16.1 Å². The fourth-order valence-electron chi connectivity index (χ4n) is 4.30. The number of hydrogen-bond acceptors (Lipinski definition) is 5. The Kier molecular flexibility index (Phi) is 6.47. The Morgan fingerprint density at radius 3 is 2.03 bits per heavy atom. The third kappa shape index (κ3) is 4.49. The summed E-state index contributed by atoms with van der Waals surface area (Å²) < 4.78 is 14.6. The van der Waals surface area contributed by atoms with Crippen LogP contribution in [0.4, 0.5) is 10.1 Å². The monoisotopic (exact) mass is 473 g/mol. The van der Waals surface area contributed by atoms with E-state index in [9.17, 15) is 14.0 Å². The maximum absolute atomic E-state index is 14.6. The van der Waals surface area contributed by atoms with E-state index >= 15 is 0 Å². The molecule has 0 aromatic heterocycles. The average molecular weight is 474 g/mol. The molecule has 2 heterocycles. The highest BCUT2D eigenvalue weighted by molar-refractivity contribution is 8.04. The van der Waals surface area contributed by atoms with E-state index in [4.69, 9.17) is 0 Å². The van der Waals surface area contributed by atoms with Crippen LogP contribution in [0, 0.1) is 5.82 Å². The van der Waals surface area contributed by atoms with Gasteiger partial charge in [0.1, 0.15) is 16.4 Å². The number of thioether (sulfide) groups is 1. The summed E-state index contributed by atoms with van der Waals surface area (Å²) in [5.74, 6) is -1.54. The van der Waals surface area contributed by atoms with Gasteiger partial charge in [-0.15, -0.1) is 0 Å². The van der Waals surface area contributed by atoms with Crippen molar-refractivity contribution < 1.29 is 14.0 Å². The van der Waals surface area contributed by atoms with E-state index in [2.05, 4.69) is 17.0 Å². The van der Waals surface area contributed by atoms with E-state index in [1.165, 1.54) is 29.5 Å². The number of benzene rings is 3. The molecule has 2 aliphatic heterocycles. The van der Waals surface area contributed by atoms with Crippen molar-refractivity contribution in [1.82, 2.24) is 9.80 Å². The lowest BCUT2D eigenvalue weighted by Gasteiger charge is -2.36. The first kappa shape index (κ1) is 22.4. The van der Waals surface area contributed by atoms with Crippen LogP contribution in [0.3, 0.4) is 0 Å². The molecule has 0 aliphatic carbocycles. The van der Waals surface area contributed by atoms with Crippen molar-refractivity contribution in [3.63, 3.8) is 0 Å². The van der Waals surface area contributed by atoms with Crippen LogP contribution in [0.1, 0.15) is 5.56 Å². The van der Waals surface area contributed by atoms with E-state index in [1.807, 2.05) is 53.4 Å². The lowest BCUT2D eigenvalue weighted by Crippen LogP contribution is -2.47. The van der Waals surface area contributed by atoms with Crippen LogP contribution in [0.25, 0.3) is 0 Å². The van der Waals surface area contributed by atoms with Crippen molar-refractivity contribution >= 4 is 29.3 Å². The van der Waals surface area contributed by atoms with Gasteiger partial charge in [-0.3, -0.25) is 14.5 Å². The largest absolute Gasteiger partial charge is 0.363 e. The Labute approximate surface area is 202 Å². The topological polar surface area (TPSA) is 43.9 Å². The van der Waals surface area contributed by atoms with Crippen LogP contribution in [-0.4, -0.2) is 47.8 Å². The van der Waals surface area contributed by atoms with Crippen molar-refractivity contribution in [2.75, 3.05) is 31.1 Å². The number of anilines is 1. The van der Waals surface area contributed by atoms with E-state index in [1.54, 1.807) is 12.1 Å². The number of piperazine rings is 1. The van der Waals surface area contributed by atoms with Gasteiger partial charge < -0.3 is 4.90 Å². The van der Waals surface area contributed by atoms with Crippen molar-refractivity contribution in [1.29, 1.82) is 0 Å². The number of amides is 2. The molecule has 3 aromatic carbocycles. The predicted molar refractivity (Wildman–Crippen MR) is 132 cm³/mol. The van der Waals surface area contributed by atoms with Crippen LogP contribution in [0.15, 0.2) is 100 Å². The molecule has 172 valence electrons. The number of imide groups is 1. The second kappa shape index (κ2) is 9.83. The Bertz CT molecular complexity index is 1220. The minimum absolute atomic E-state index is 0.0126. The fourth-order valence-corrected chi connectivity index (χ4v) is 5.32. The summed E-state index contributed by atoms with van der Waals surface area (Å²) in [7, 11) is 0. The molecule has 0 N–H and O–H groups in total. The summed E-state index contributed by atoms with van der Waals surface area (Å²) in [5.41, 5.74) is 1.59. The van der Waals surface area contributed by atoms with E-state index in [0.717, 1.165) is 29.4 Å². The average Bonchev–Trinajstić information content (AvgIpc) is 3.10. The summed E-state index contributed by atoms with van der Waals surface area (Å²) >= 11 is 1.26. The molecule has 5 nitrogen and oxygen atoms in total. The zero-order valence-corrected chi connectivity index (χ0v) is 19.4. The first-order chi connectivity index (χ1) is 16.6. The number of para-hydroxylation sites is 1. The Morgan fingerprint density at radius 1 is 0.735 bits per heavy atom. The van der Waals surface area contributed by atoms with Gasteiger partial charge in [-0.25, -0.2) is 9.29 Å². The molecule has 3 aromatic rings. The summed E-state index contributed by atoms with van der Waals surface area (Å²) in [6.45, 7) is 3.61. The standard InChI is InChI=1S/C27H24FN3O2S/c28-22-13-7-8-14-23(22)31-26(32)24(25(27(31)33)34-21-11-5-2-6-12-21)30-17-15-29(16-18-30)19-20-9-3-1-4-10-20/h1-14H,15-19H2. The molecule has 0 bridgehead atoms. The molecule has 0 saturated carbocycles. The van der Waals surface area contributed by atoms with E-state index in [0.29, 0.717) is 23.7 Å². The number of carbonyl (C=O) groups excluding carboxylic acids is 2. The normalized spacial score (nSPS) is 17.1. The third-order valence-corrected chi connectivity index (χ3v) is 7.09. The van der Waals surface area contributed by atoms with Gasteiger partial charge in [0.25, 0.3) is 11.8 Å². The molecule has 0 unspecified atom stereocenters. The highest BCUT2D eigenvalue weighted by atomic mass is 32.2. The Morgan fingerprint density at radius 2 is 1.35 bits per heavy atom. The van der Waals surface area contributed by atoms with E-state index < -0.39 is 17.6 Å². The molecule has 5 rings (SSSR count). The van der Waals surface area contributed by atoms with E-state index in [-0.39, 0.29) is 5.69 Å². The summed E-state index contributed by atoms with van der Waals surface area (Å²) in [6, 6.07) is 25.7. The maximum atomic E-state index is 14.6.